The fraction of sp³-hybridized carbons (Fsp3) is 0.600. The molecule has 0 saturated carbocycles. The third-order valence-electron chi connectivity index (χ3n) is 3.38. The van der Waals surface area contributed by atoms with Gasteiger partial charge in [0.05, 0.1) is 19.3 Å². The van der Waals surface area contributed by atoms with E-state index in [0.717, 1.165) is 36.4 Å². The van der Waals surface area contributed by atoms with Gasteiger partial charge in [-0.2, -0.15) is 0 Å². The molecule has 0 aliphatic carbocycles. The molecule has 0 aromatic heterocycles. The van der Waals surface area contributed by atoms with Crippen molar-refractivity contribution in [2.75, 3.05) is 20.8 Å². The summed E-state index contributed by atoms with van der Waals surface area (Å²) in [7, 11) is 3.59. The molecule has 1 fully saturated rings. The summed E-state index contributed by atoms with van der Waals surface area (Å²) in [6.45, 7) is 3.45. The summed E-state index contributed by atoms with van der Waals surface area (Å²) in [5.41, 5.74) is 1.10. The Kier molecular flexibility index (Phi) is 5.05. The smallest absolute Gasteiger partial charge is 0.165 e. The molecule has 4 heteroatoms. The van der Waals surface area contributed by atoms with E-state index in [1.165, 1.54) is 0 Å². The Morgan fingerprint density at radius 2 is 2.21 bits per heavy atom. The second-order valence-corrected chi connectivity index (χ2v) is 4.94. The summed E-state index contributed by atoms with van der Waals surface area (Å²) < 4.78 is 17.1. The first-order valence-corrected chi connectivity index (χ1v) is 6.83. The van der Waals surface area contributed by atoms with Gasteiger partial charge in [-0.1, -0.05) is 12.1 Å². The van der Waals surface area contributed by atoms with E-state index in [4.69, 9.17) is 14.2 Å². The number of rotatable bonds is 6. The largest absolute Gasteiger partial charge is 0.493 e. The Bertz CT molecular complexity index is 408. The molecule has 1 aliphatic rings. The van der Waals surface area contributed by atoms with Crippen LogP contribution in [0.5, 0.6) is 11.5 Å². The summed E-state index contributed by atoms with van der Waals surface area (Å²) in [6, 6.07) is 5.95. The molecule has 0 amide bonds. The lowest BCUT2D eigenvalue weighted by Gasteiger charge is -2.17. The summed E-state index contributed by atoms with van der Waals surface area (Å²) in [5, 5.41) is 3.14. The summed E-state index contributed by atoms with van der Waals surface area (Å²) in [6.07, 6.45) is 2.73. The van der Waals surface area contributed by atoms with E-state index in [2.05, 4.69) is 12.2 Å². The zero-order valence-corrected chi connectivity index (χ0v) is 11.9. The van der Waals surface area contributed by atoms with Crippen LogP contribution >= 0.6 is 0 Å². The van der Waals surface area contributed by atoms with Crippen molar-refractivity contribution >= 4 is 0 Å². The molecule has 0 bridgehead atoms. The second kappa shape index (κ2) is 6.78. The Hall–Kier alpha value is -1.26. The summed E-state index contributed by atoms with van der Waals surface area (Å²) >= 11 is 0. The van der Waals surface area contributed by atoms with E-state index in [0.29, 0.717) is 12.7 Å². The molecule has 1 aliphatic heterocycles. The molecule has 1 aromatic rings. The highest BCUT2D eigenvalue weighted by molar-refractivity contribution is 5.46. The highest BCUT2D eigenvalue weighted by Crippen LogP contribution is 2.32. The van der Waals surface area contributed by atoms with Crippen LogP contribution in [0.15, 0.2) is 18.2 Å². The minimum atomic E-state index is 0.197. The van der Waals surface area contributed by atoms with Crippen LogP contribution in [0.3, 0.4) is 0 Å². The Labute approximate surface area is 115 Å². The van der Waals surface area contributed by atoms with Crippen molar-refractivity contribution in [1.29, 1.82) is 0 Å². The zero-order chi connectivity index (χ0) is 13.7. The van der Waals surface area contributed by atoms with Crippen molar-refractivity contribution in [1.82, 2.24) is 5.32 Å². The van der Waals surface area contributed by atoms with Gasteiger partial charge in [0.2, 0.25) is 0 Å². The van der Waals surface area contributed by atoms with Gasteiger partial charge in [-0.25, -0.2) is 0 Å². The molecule has 0 spiro atoms. The first-order valence-electron chi connectivity index (χ1n) is 6.83. The summed E-state index contributed by atoms with van der Waals surface area (Å²) in [4.78, 5) is 0. The van der Waals surface area contributed by atoms with Gasteiger partial charge < -0.3 is 19.5 Å². The van der Waals surface area contributed by atoms with Crippen molar-refractivity contribution in [3.05, 3.63) is 23.8 Å². The lowest BCUT2D eigenvalue weighted by atomic mass is 10.1. The summed E-state index contributed by atoms with van der Waals surface area (Å²) in [5.74, 6) is 1.60. The van der Waals surface area contributed by atoms with E-state index in [1.54, 1.807) is 7.11 Å². The minimum absolute atomic E-state index is 0.197. The van der Waals surface area contributed by atoms with Crippen LogP contribution < -0.4 is 14.8 Å². The van der Waals surface area contributed by atoms with Crippen LogP contribution in [0.25, 0.3) is 0 Å². The van der Waals surface area contributed by atoms with Crippen molar-refractivity contribution in [2.24, 2.45) is 0 Å². The lowest BCUT2D eigenvalue weighted by Crippen LogP contribution is -2.19. The van der Waals surface area contributed by atoms with Crippen LogP contribution in [-0.4, -0.2) is 33.0 Å². The SMILES string of the molecule is CNCc1cccc(OC)c1OCC1CCC(C)O1. The molecule has 2 unspecified atom stereocenters. The average molecular weight is 265 g/mol. The first-order chi connectivity index (χ1) is 9.24. The number of methoxy groups -OCH3 is 1. The number of nitrogens with one attached hydrogen (secondary N) is 1. The number of hydrogen-bond donors (Lipinski definition) is 1. The number of benzene rings is 1. The molecule has 1 heterocycles. The Morgan fingerprint density at radius 1 is 1.37 bits per heavy atom. The molecule has 2 rings (SSSR count). The van der Waals surface area contributed by atoms with Crippen LogP contribution in [-0.2, 0) is 11.3 Å². The van der Waals surface area contributed by atoms with Crippen LogP contribution in [0.4, 0.5) is 0 Å². The molecule has 0 radical (unpaired) electrons. The lowest BCUT2D eigenvalue weighted by molar-refractivity contribution is 0.0257. The van der Waals surface area contributed by atoms with E-state index >= 15 is 0 Å². The third kappa shape index (κ3) is 3.61. The highest BCUT2D eigenvalue weighted by atomic mass is 16.6. The Balaban J connectivity index is 2.04. The van der Waals surface area contributed by atoms with Gasteiger partial charge in [-0.3, -0.25) is 0 Å². The number of hydrogen-bond acceptors (Lipinski definition) is 4. The highest BCUT2D eigenvalue weighted by Gasteiger charge is 2.23. The normalized spacial score (nSPS) is 22.5. The van der Waals surface area contributed by atoms with Gasteiger partial charge in [0.15, 0.2) is 11.5 Å². The third-order valence-corrected chi connectivity index (χ3v) is 3.38. The van der Waals surface area contributed by atoms with Crippen LogP contribution in [0.1, 0.15) is 25.3 Å². The predicted octanol–water partition coefficient (Wildman–Crippen LogP) is 2.36. The van der Waals surface area contributed by atoms with E-state index < -0.39 is 0 Å². The molecule has 106 valence electrons. The number of ether oxygens (including phenoxy) is 3. The van der Waals surface area contributed by atoms with Crippen LogP contribution in [0.2, 0.25) is 0 Å². The second-order valence-electron chi connectivity index (χ2n) is 4.94. The average Bonchev–Trinajstić information content (AvgIpc) is 2.83. The van der Waals surface area contributed by atoms with Crippen molar-refractivity contribution < 1.29 is 14.2 Å². The number of para-hydroxylation sites is 1. The van der Waals surface area contributed by atoms with Crippen LogP contribution in [0, 0.1) is 0 Å². The maximum Gasteiger partial charge on any atom is 0.165 e. The fourth-order valence-electron chi connectivity index (χ4n) is 2.40. The molecule has 1 aromatic carbocycles. The zero-order valence-electron chi connectivity index (χ0n) is 11.9. The monoisotopic (exact) mass is 265 g/mol. The Morgan fingerprint density at radius 3 is 2.84 bits per heavy atom. The quantitative estimate of drug-likeness (QED) is 0.857. The van der Waals surface area contributed by atoms with Gasteiger partial charge >= 0.3 is 0 Å². The maximum atomic E-state index is 5.95. The van der Waals surface area contributed by atoms with Gasteiger partial charge in [0, 0.05) is 12.1 Å². The van der Waals surface area contributed by atoms with Gasteiger partial charge in [0.25, 0.3) is 0 Å². The van der Waals surface area contributed by atoms with Gasteiger partial charge in [-0.15, -0.1) is 0 Å². The molecular weight excluding hydrogens is 242 g/mol. The van der Waals surface area contributed by atoms with E-state index in [-0.39, 0.29) is 6.10 Å². The standard InChI is InChI=1S/C15H23NO3/c1-11-7-8-13(19-11)10-18-15-12(9-16-2)5-4-6-14(15)17-3/h4-6,11,13,16H,7-10H2,1-3H3. The van der Waals surface area contributed by atoms with E-state index in [1.807, 2.05) is 25.2 Å². The van der Waals surface area contributed by atoms with Crippen molar-refractivity contribution in [3.8, 4) is 11.5 Å². The predicted molar refractivity (Wildman–Crippen MR) is 74.8 cm³/mol. The molecular formula is C15H23NO3. The molecule has 4 nitrogen and oxygen atoms in total. The van der Waals surface area contributed by atoms with Crippen molar-refractivity contribution in [2.45, 2.75) is 38.5 Å². The molecule has 1 N–H and O–H groups in total. The molecule has 2 atom stereocenters. The van der Waals surface area contributed by atoms with E-state index in [9.17, 15) is 0 Å². The first kappa shape index (κ1) is 14.2. The topological polar surface area (TPSA) is 39.7 Å². The minimum Gasteiger partial charge on any atom is -0.493 e. The maximum absolute atomic E-state index is 5.95. The molecule has 1 saturated heterocycles. The fourth-order valence-corrected chi connectivity index (χ4v) is 2.40. The van der Waals surface area contributed by atoms with Crippen molar-refractivity contribution in [3.63, 3.8) is 0 Å². The van der Waals surface area contributed by atoms with Gasteiger partial charge in [-0.05, 0) is 32.9 Å². The molecule has 19 heavy (non-hydrogen) atoms. The van der Waals surface area contributed by atoms with Gasteiger partial charge in [0.1, 0.15) is 6.61 Å².